The lowest BCUT2D eigenvalue weighted by Gasteiger charge is -2.14. The van der Waals surface area contributed by atoms with Crippen LogP contribution in [0.2, 0.25) is 0 Å². The number of nitrogens with two attached hydrogens (primary N) is 1. The van der Waals surface area contributed by atoms with Crippen molar-refractivity contribution in [3.63, 3.8) is 0 Å². The van der Waals surface area contributed by atoms with Crippen molar-refractivity contribution in [1.82, 2.24) is 10.2 Å². The summed E-state index contributed by atoms with van der Waals surface area (Å²) in [5.74, 6) is -2.08. The average molecular weight is 305 g/mol. The number of carbonyl (C=O) groups excluding carboxylic acids is 2. The van der Waals surface area contributed by atoms with Crippen LogP contribution in [0.25, 0.3) is 0 Å². The van der Waals surface area contributed by atoms with Gasteiger partial charge in [0.1, 0.15) is 5.82 Å². The smallest absolute Gasteiger partial charge is 0.359 e. The van der Waals surface area contributed by atoms with Gasteiger partial charge in [-0.05, 0) is 24.6 Å². The van der Waals surface area contributed by atoms with Crippen LogP contribution in [0, 0.1) is 5.82 Å². The van der Waals surface area contributed by atoms with E-state index in [1.165, 1.54) is 12.1 Å². The number of benzene rings is 1. The molecular weight excluding hydrogens is 289 g/mol. The summed E-state index contributed by atoms with van der Waals surface area (Å²) < 4.78 is 18.0. The predicted molar refractivity (Wildman–Crippen MR) is 76.3 cm³/mol. The Morgan fingerprint density at radius 1 is 1.36 bits per heavy atom. The fourth-order valence-corrected chi connectivity index (χ4v) is 1.96. The van der Waals surface area contributed by atoms with Crippen molar-refractivity contribution in [1.29, 1.82) is 0 Å². The average Bonchev–Trinajstić information content (AvgIpc) is 2.94. The highest BCUT2D eigenvalue weighted by Crippen LogP contribution is 2.19. The van der Waals surface area contributed by atoms with Gasteiger partial charge in [0.2, 0.25) is 6.10 Å². The van der Waals surface area contributed by atoms with Crippen LogP contribution >= 0.6 is 0 Å². The highest BCUT2D eigenvalue weighted by molar-refractivity contribution is 5.90. The SMILES string of the molecule is CCCc1cc(C(=O)O[C@@H](C(N)=O)c2ccc(F)cc2)n[nH]1. The summed E-state index contributed by atoms with van der Waals surface area (Å²) in [7, 11) is 0. The molecule has 2 aromatic rings. The van der Waals surface area contributed by atoms with Gasteiger partial charge < -0.3 is 10.5 Å². The van der Waals surface area contributed by atoms with Crippen molar-refractivity contribution in [2.24, 2.45) is 5.73 Å². The molecule has 0 aliphatic carbocycles. The van der Waals surface area contributed by atoms with Crippen molar-refractivity contribution in [3.8, 4) is 0 Å². The van der Waals surface area contributed by atoms with Crippen LogP contribution in [0.3, 0.4) is 0 Å². The summed E-state index contributed by atoms with van der Waals surface area (Å²) in [5, 5.41) is 6.56. The molecule has 1 amide bonds. The van der Waals surface area contributed by atoms with Crippen LogP contribution in [-0.2, 0) is 16.0 Å². The van der Waals surface area contributed by atoms with E-state index in [1.54, 1.807) is 6.07 Å². The van der Waals surface area contributed by atoms with E-state index < -0.39 is 23.8 Å². The number of nitrogens with zero attached hydrogens (tertiary/aromatic N) is 1. The second-order valence-corrected chi connectivity index (χ2v) is 4.77. The maximum atomic E-state index is 12.9. The molecule has 1 atom stereocenters. The molecule has 22 heavy (non-hydrogen) atoms. The maximum Gasteiger partial charge on any atom is 0.359 e. The van der Waals surface area contributed by atoms with Crippen molar-refractivity contribution >= 4 is 11.9 Å². The molecule has 0 fully saturated rings. The standard InChI is InChI=1S/C15H16FN3O3/c1-2-3-11-8-12(19-18-11)15(21)22-13(14(17)20)9-4-6-10(16)7-5-9/h4-8,13H,2-3H2,1H3,(H2,17,20)(H,18,19)/t13-/m1/s1. The molecule has 0 aliphatic heterocycles. The number of aromatic nitrogens is 2. The second-order valence-electron chi connectivity index (χ2n) is 4.77. The van der Waals surface area contributed by atoms with Crippen molar-refractivity contribution in [3.05, 3.63) is 53.1 Å². The van der Waals surface area contributed by atoms with Crippen LogP contribution in [0.5, 0.6) is 0 Å². The predicted octanol–water partition coefficient (Wildman–Crippen LogP) is 1.88. The van der Waals surface area contributed by atoms with Crippen LogP contribution in [-0.4, -0.2) is 22.1 Å². The van der Waals surface area contributed by atoms with Gasteiger partial charge in [0.05, 0.1) is 0 Å². The first-order valence-corrected chi connectivity index (χ1v) is 6.81. The first kappa shape index (κ1) is 15.7. The number of amides is 1. The zero-order valence-corrected chi connectivity index (χ0v) is 12.0. The van der Waals surface area contributed by atoms with Gasteiger partial charge in [-0.2, -0.15) is 5.10 Å². The number of hydrogen-bond acceptors (Lipinski definition) is 4. The van der Waals surface area contributed by atoms with Gasteiger partial charge in [0.25, 0.3) is 5.91 Å². The molecule has 2 rings (SSSR count). The minimum Gasteiger partial charge on any atom is -0.443 e. The van der Waals surface area contributed by atoms with Crippen LogP contribution in [0.15, 0.2) is 30.3 Å². The fraction of sp³-hybridized carbons (Fsp3) is 0.267. The molecule has 1 aromatic carbocycles. The van der Waals surface area contributed by atoms with E-state index in [1.807, 2.05) is 6.92 Å². The number of halogens is 1. The van der Waals surface area contributed by atoms with E-state index in [9.17, 15) is 14.0 Å². The Kier molecular flexibility index (Phi) is 4.88. The fourth-order valence-electron chi connectivity index (χ4n) is 1.96. The van der Waals surface area contributed by atoms with Gasteiger partial charge in [-0.3, -0.25) is 9.89 Å². The van der Waals surface area contributed by atoms with Crippen LogP contribution in [0.4, 0.5) is 4.39 Å². The summed E-state index contributed by atoms with van der Waals surface area (Å²) in [5.41, 5.74) is 6.41. The number of H-pyrrole nitrogens is 1. The summed E-state index contributed by atoms with van der Waals surface area (Å²) in [6.45, 7) is 2.00. The minimum atomic E-state index is -1.29. The number of nitrogens with one attached hydrogen (secondary N) is 1. The molecule has 1 aromatic heterocycles. The van der Waals surface area contributed by atoms with Gasteiger partial charge >= 0.3 is 5.97 Å². The minimum absolute atomic E-state index is 0.0665. The largest absolute Gasteiger partial charge is 0.443 e. The van der Waals surface area contributed by atoms with E-state index in [0.29, 0.717) is 5.56 Å². The quantitative estimate of drug-likeness (QED) is 0.796. The van der Waals surface area contributed by atoms with Crippen LogP contribution < -0.4 is 5.73 Å². The number of rotatable bonds is 6. The summed E-state index contributed by atoms with van der Waals surface area (Å²) in [6.07, 6.45) is 0.354. The van der Waals surface area contributed by atoms with Crippen LogP contribution in [0.1, 0.15) is 41.2 Å². The molecule has 0 saturated carbocycles. The molecular formula is C15H16FN3O3. The monoisotopic (exact) mass is 305 g/mol. The topological polar surface area (TPSA) is 98.1 Å². The van der Waals surface area contributed by atoms with Crippen molar-refractivity contribution in [2.75, 3.05) is 0 Å². The highest BCUT2D eigenvalue weighted by Gasteiger charge is 2.24. The number of carbonyl (C=O) groups is 2. The lowest BCUT2D eigenvalue weighted by Crippen LogP contribution is -2.26. The molecule has 0 bridgehead atoms. The third-order valence-electron chi connectivity index (χ3n) is 3.02. The molecule has 0 radical (unpaired) electrons. The van der Waals surface area contributed by atoms with Gasteiger partial charge in [-0.1, -0.05) is 25.5 Å². The Morgan fingerprint density at radius 3 is 2.64 bits per heavy atom. The Labute approximate surface area is 126 Å². The van der Waals surface area contributed by atoms with Crippen molar-refractivity contribution < 1.29 is 18.7 Å². The van der Waals surface area contributed by atoms with E-state index in [-0.39, 0.29) is 5.69 Å². The number of primary amides is 1. The molecule has 116 valence electrons. The van der Waals surface area contributed by atoms with Gasteiger partial charge in [0.15, 0.2) is 5.69 Å². The normalized spacial score (nSPS) is 11.9. The maximum absolute atomic E-state index is 12.9. The number of aryl methyl sites for hydroxylation is 1. The third-order valence-corrected chi connectivity index (χ3v) is 3.02. The molecule has 0 saturated heterocycles. The number of hydrogen-bond donors (Lipinski definition) is 2. The highest BCUT2D eigenvalue weighted by atomic mass is 19.1. The van der Waals surface area contributed by atoms with E-state index in [0.717, 1.165) is 30.7 Å². The molecule has 1 heterocycles. The zero-order chi connectivity index (χ0) is 16.1. The first-order chi connectivity index (χ1) is 10.5. The summed E-state index contributed by atoms with van der Waals surface area (Å²) >= 11 is 0. The zero-order valence-electron chi connectivity index (χ0n) is 12.0. The van der Waals surface area contributed by atoms with E-state index >= 15 is 0 Å². The van der Waals surface area contributed by atoms with Gasteiger partial charge in [0, 0.05) is 11.3 Å². The Hall–Kier alpha value is -2.70. The Morgan fingerprint density at radius 2 is 2.05 bits per heavy atom. The van der Waals surface area contributed by atoms with Gasteiger partial charge in [-0.15, -0.1) is 0 Å². The molecule has 0 unspecified atom stereocenters. The molecule has 0 aliphatic rings. The number of aromatic amines is 1. The summed E-state index contributed by atoms with van der Waals surface area (Å²) in [4.78, 5) is 23.5. The Balaban J connectivity index is 2.14. The Bertz CT molecular complexity index is 667. The lowest BCUT2D eigenvalue weighted by atomic mass is 10.1. The first-order valence-electron chi connectivity index (χ1n) is 6.81. The molecule has 7 heteroatoms. The molecule has 6 nitrogen and oxygen atoms in total. The number of esters is 1. The van der Waals surface area contributed by atoms with Crippen molar-refractivity contribution in [2.45, 2.75) is 25.9 Å². The third kappa shape index (κ3) is 3.69. The number of ether oxygens (including phenoxy) is 1. The van der Waals surface area contributed by atoms with E-state index in [4.69, 9.17) is 10.5 Å². The molecule has 3 N–H and O–H groups in total. The lowest BCUT2D eigenvalue weighted by molar-refractivity contribution is -0.127. The molecule has 0 spiro atoms. The van der Waals surface area contributed by atoms with Gasteiger partial charge in [-0.25, -0.2) is 9.18 Å². The second kappa shape index (κ2) is 6.84. The summed E-state index contributed by atoms with van der Waals surface area (Å²) in [6, 6.07) is 6.56. The van der Waals surface area contributed by atoms with E-state index in [2.05, 4.69) is 10.2 Å².